The zero-order valence-corrected chi connectivity index (χ0v) is 19.3. The normalized spacial score (nSPS) is 12.0. The van der Waals surface area contributed by atoms with Crippen LogP contribution in [-0.4, -0.2) is 58.5 Å². The third-order valence-corrected chi connectivity index (χ3v) is 5.48. The summed E-state index contributed by atoms with van der Waals surface area (Å²) in [6.45, 7) is 4.23. The van der Waals surface area contributed by atoms with Gasteiger partial charge >= 0.3 is 11.9 Å². The van der Waals surface area contributed by atoms with E-state index in [2.05, 4.69) is 20.1 Å². The van der Waals surface area contributed by atoms with E-state index < -0.39 is 40.5 Å². The molecule has 0 aliphatic rings. The maximum atomic E-state index is 12.3. The zero-order valence-electron chi connectivity index (χ0n) is 18.5. The molecule has 1 unspecified atom stereocenters. The van der Waals surface area contributed by atoms with Crippen molar-refractivity contribution in [3.63, 3.8) is 0 Å². The highest BCUT2D eigenvalue weighted by atomic mass is 32.2. The second-order valence-electron chi connectivity index (χ2n) is 7.29. The molecule has 0 aliphatic carbocycles. The molecule has 3 N–H and O–H groups in total. The number of anilines is 1. The number of carbonyl (C=O) groups is 4. The van der Waals surface area contributed by atoms with Gasteiger partial charge in [-0.3, -0.25) is 14.4 Å². The Bertz CT molecular complexity index is 913. The molecule has 1 atom stereocenters. The van der Waals surface area contributed by atoms with Gasteiger partial charge in [-0.15, -0.1) is 0 Å². The van der Waals surface area contributed by atoms with Crippen LogP contribution in [0, 0.1) is 5.92 Å². The van der Waals surface area contributed by atoms with Crippen LogP contribution in [0.4, 0.5) is 5.69 Å². The number of nitrogens with one attached hydrogen (secondary N) is 3. The van der Waals surface area contributed by atoms with Crippen molar-refractivity contribution in [3.05, 3.63) is 24.3 Å². The summed E-state index contributed by atoms with van der Waals surface area (Å²) in [4.78, 5) is 46.4. The summed E-state index contributed by atoms with van der Waals surface area (Å²) >= 11 is 0. The molecule has 0 fully saturated rings. The predicted molar refractivity (Wildman–Crippen MR) is 115 cm³/mol. The maximum Gasteiger partial charge on any atom is 0.328 e. The number of carbonyl (C=O) groups excluding carboxylic acids is 4. The van der Waals surface area contributed by atoms with Crippen molar-refractivity contribution in [2.45, 2.75) is 44.6 Å². The van der Waals surface area contributed by atoms with E-state index in [0.29, 0.717) is 12.1 Å². The molecule has 0 saturated heterocycles. The highest BCUT2D eigenvalue weighted by Crippen LogP contribution is 2.14. The first-order valence-electron chi connectivity index (χ1n) is 9.84. The molecule has 1 rings (SSSR count). The van der Waals surface area contributed by atoms with Gasteiger partial charge < -0.3 is 20.1 Å². The van der Waals surface area contributed by atoms with Crippen LogP contribution in [0.25, 0.3) is 0 Å². The fourth-order valence-corrected chi connectivity index (χ4v) is 3.61. The van der Waals surface area contributed by atoms with Gasteiger partial charge in [-0.1, -0.05) is 13.8 Å². The van der Waals surface area contributed by atoms with E-state index in [1.165, 1.54) is 38.3 Å². The number of hydrogen-bond donors (Lipinski definition) is 3. The van der Waals surface area contributed by atoms with Gasteiger partial charge in [-0.25, -0.2) is 17.9 Å². The summed E-state index contributed by atoms with van der Waals surface area (Å²) in [5.74, 6) is -2.22. The van der Waals surface area contributed by atoms with Gasteiger partial charge in [-0.05, 0) is 36.6 Å². The number of methoxy groups -OCH3 is 1. The lowest BCUT2D eigenvalue weighted by Crippen LogP contribution is -2.44. The second-order valence-corrected chi connectivity index (χ2v) is 9.05. The number of benzene rings is 1. The average molecular weight is 472 g/mol. The first-order valence-corrected chi connectivity index (χ1v) is 11.3. The quantitative estimate of drug-likeness (QED) is 0.373. The largest absolute Gasteiger partial charge is 0.467 e. The first kappa shape index (κ1) is 27.0. The summed E-state index contributed by atoms with van der Waals surface area (Å²) in [5, 5.41) is 4.97. The fourth-order valence-electron chi connectivity index (χ4n) is 2.57. The molecule has 0 heterocycles. The van der Waals surface area contributed by atoms with E-state index in [0.717, 1.165) is 0 Å². The molecule has 1 aromatic rings. The van der Waals surface area contributed by atoms with Crippen LogP contribution in [0.15, 0.2) is 29.2 Å². The van der Waals surface area contributed by atoms with Crippen molar-refractivity contribution < 1.29 is 37.1 Å². The minimum atomic E-state index is -3.87. The second kappa shape index (κ2) is 12.8. The van der Waals surface area contributed by atoms with E-state index in [-0.39, 0.29) is 29.7 Å². The summed E-state index contributed by atoms with van der Waals surface area (Å²) in [6.07, 6.45) is 0.0584. The average Bonchev–Trinajstić information content (AvgIpc) is 2.70. The molecule has 12 heteroatoms. The minimum Gasteiger partial charge on any atom is -0.467 e. The summed E-state index contributed by atoms with van der Waals surface area (Å²) in [6, 6.07) is 4.64. The molecule has 32 heavy (non-hydrogen) atoms. The van der Waals surface area contributed by atoms with Gasteiger partial charge in [0, 0.05) is 19.2 Å². The lowest BCUT2D eigenvalue weighted by molar-refractivity contribution is -0.150. The Kier molecular flexibility index (Phi) is 10.8. The first-order chi connectivity index (χ1) is 14.9. The summed E-state index contributed by atoms with van der Waals surface area (Å²) < 4.78 is 36.2. The molecule has 11 nitrogen and oxygen atoms in total. The number of sulfonamides is 1. The molecule has 0 aromatic heterocycles. The van der Waals surface area contributed by atoms with Gasteiger partial charge in [0.1, 0.15) is 6.04 Å². The van der Waals surface area contributed by atoms with Gasteiger partial charge in [0.25, 0.3) is 5.91 Å². The third-order valence-electron chi connectivity index (χ3n) is 4.00. The van der Waals surface area contributed by atoms with Crippen LogP contribution in [-0.2, 0) is 38.7 Å². The van der Waals surface area contributed by atoms with Gasteiger partial charge in [0.2, 0.25) is 15.9 Å². The fraction of sp³-hybridized carbons (Fsp3) is 0.500. The van der Waals surface area contributed by atoms with E-state index in [1.54, 1.807) is 0 Å². The number of amides is 2. The van der Waals surface area contributed by atoms with Crippen molar-refractivity contribution >= 4 is 39.5 Å². The number of hydrogen-bond acceptors (Lipinski definition) is 8. The maximum absolute atomic E-state index is 12.3. The lowest BCUT2D eigenvalue weighted by atomic mass is 10.0. The van der Waals surface area contributed by atoms with E-state index >= 15 is 0 Å². The Labute approximate surface area is 187 Å². The van der Waals surface area contributed by atoms with Crippen LogP contribution in [0.1, 0.15) is 33.6 Å². The number of ether oxygens (including phenoxy) is 2. The van der Waals surface area contributed by atoms with Crippen LogP contribution < -0.4 is 15.4 Å². The molecule has 0 bridgehead atoms. The van der Waals surface area contributed by atoms with Crippen LogP contribution in [0.5, 0.6) is 0 Å². The Hall–Kier alpha value is -2.99. The monoisotopic (exact) mass is 471 g/mol. The van der Waals surface area contributed by atoms with Gasteiger partial charge in [0.15, 0.2) is 6.61 Å². The van der Waals surface area contributed by atoms with Crippen molar-refractivity contribution in [3.8, 4) is 0 Å². The van der Waals surface area contributed by atoms with Crippen LogP contribution in [0.2, 0.25) is 0 Å². The third kappa shape index (κ3) is 9.88. The zero-order chi connectivity index (χ0) is 24.3. The molecule has 0 radical (unpaired) electrons. The van der Waals surface area contributed by atoms with Crippen molar-refractivity contribution in [1.29, 1.82) is 0 Å². The Balaban J connectivity index is 2.46. The summed E-state index contributed by atoms with van der Waals surface area (Å²) in [7, 11) is -2.66. The van der Waals surface area contributed by atoms with E-state index in [4.69, 9.17) is 4.74 Å². The molecule has 2 amide bonds. The molecule has 1 aromatic carbocycles. The SMILES string of the molecule is COC(=O)C(CC(C)C)NC(=O)COC(=O)CCNS(=O)(=O)c1ccc(NC(C)=O)cc1. The van der Waals surface area contributed by atoms with Gasteiger partial charge in [-0.2, -0.15) is 0 Å². The van der Waals surface area contributed by atoms with Gasteiger partial charge in [0.05, 0.1) is 18.4 Å². The highest BCUT2D eigenvalue weighted by molar-refractivity contribution is 7.89. The van der Waals surface area contributed by atoms with Crippen LogP contribution in [0.3, 0.4) is 0 Å². The molecular weight excluding hydrogens is 442 g/mol. The van der Waals surface area contributed by atoms with E-state index in [1.807, 2.05) is 13.8 Å². The predicted octanol–water partition coefficient (Wildman–Crippen LogP) is 0.561. The standard InChI is InChI=1S/C20H29N3O8S/c1-13(2)11-17(20(27)30-4)23-18(25)12-31-19(26)9-10-21-32(28,29)16-7-5-15(6-8-16)22-14(3)24/h5-8,13,17,21H,9-12H2,1-4H3,(H,22,24)(H,23,25). The molecule has 0 aliphatic heterocycles. The smallest absolute Gasteiger partial charge is 0.328 e. The number of rotatable bonds is 12. The topological polar surface area (TPSA) is 157 Å². The highest BCUT2D eigenvalue weighted by Gasteiger charge is 2.23. The Morgan fingerprint density at radius 1 is 1.06 bits per heavy atom. The van der Waals surface area contributed by atoms with E-state index in [9.17, 15) is 27.6 Å². The molecule has 178 valence electrons. The lowest BCUT2D eigenvalue weighted by Gasteiger charge is -2.18. The van der Waals surface area contributed by atoms with Crippen molar-refractivity contribution in [2.75, 3.05) is 25.6 Å². The molecule has 0 spiro atoms. The van der Waals surface area contributed by atoms with Crippen molar-refractivity contribution in [2.24, 2.45) is 5.92 Å². The Morgan fingerprint density at radius 3 is 2.22 bits per heavy atom. The molecule has 0 saturated carbocycles. The minimum absolute atomic E-state index is 0.0432. The number of esters is 2. The molecular formula is C20H29N3O8S. The van der Waals surface area contributed by atoms with Crippen LogP contribution >= 0.6 is 0 Å². The summed E-state index contributed by atoms with van der Waals surface area (Å²) in [5.41, 5.74) is 0.445. The Morgan fingerprint density at radius 2 is 1.69 bits per heavy atom. The van der Waals surface area contributed by atoms with Crippen molar-refractivity contribution in [1.82, 2.24) is 10.0 Å².